The minimum atomic E-state index is -3.47. The number of rotatable bonds is 3. The average molecular weight is 249 g/mol. The van der Waals surface area contributed by atoms with Gasteiger partial charge < -0.3 is 0 Å². The minimum Gasteiger partial charge on any atom is -0.271 e. The number of nitrogens with one attached hydrogen (secondary N) is 1. The van der Waals surface area contributed by atoms with Crippen LogP contribution in [0.4, 0.5) is 5.69 Å². The van der Waals surface area contributed by atoms with Crippen molar-refractivity contribution in [3.05, 3.63) is 28.8 Å². The van der Waals surface area contributed by atoms with Crippen LogP contribution in [-0.2, 0) is 10.2 Å². The number of nitrogens with zero attached hydrogens (tertiary/aromatic N) is 1. The van der Waals surface area contributed by atoms with Crippen molar-refractivity contribution in [2.24, 2.45) is 0 Å². The molecule has 1 aromatic carbocycles. The van der Waals surface area contributed by atoms with Crippen LogP contribution in [0, 0.1) is 6.92 Å². The van der Waals surface area contributed by atoms with Gasteiger partial charge in [0.2, 0.25) is 0 Å². The molecule has 1 rings (SSSR count). The molecule has 0 saturated heterocycles. The van der Waals surface area contributed by atoms with Crippen molar-refractivity contribution >= 4 is 27.5 Å². The third-order valence-corrected chi connectivity index (χ3v) is 3.84. The van der Waals surface area contributed by atoms with E-state index in [9.17, 15) is 8.42 Å². The topological polar surface area (TPSA) is 49.4 Å². The highest BCUT2D eigenvalue weighted by atomic mass is 35.5. The molecule has 6 heteroatoms. The molecule has 0 bridgehead atoms. The number of anilines is 1. The van der Waals surface area contributed by atoms with Gasteiger partial charge >= 0.3 is 10.2 Å². The first-order chi connectivity index (χ1) is 6.84. The van der Waals surface area contributed by atoms with Gasteiger partial charge in [0.25, 0.3) is 0 Å². The fourth-order valence-electron chi connectivity index (χ4n) is 0.948. The lowest BCUT2D eigenvalue weighted by Gasteiger charge is -2.15. The summed E-state index contributed by atoms with van der Waals surface area (Å²) in [4.78, 5) is 0. The molecule has 0 amide bonds. The van der Waals surface area contributed by atoms with Gasteiger partial charge in [-0.25, -0.2) is 0 Å². The van der Waals surface area contributed by atoms with E-state index in [1.807, 2.05) is 0 Å². The lowest BCUT2D eigenvalue weighted by atomic mass is 10.2. The van der Waals surface area contributed by atoms with Crippen LogP contribution in [0.25, 0.3) is 0 Å². The Morgan fingerprint density at radius 3 is 2.47 bits per heavy atom. The molecule has 0 aliphatic heterocycles. The maximum atomic E-state index is 11.5. The molecule has 1 aromatic rings. The molecular formula is C9H13ClN2O2S. The van der Waals surface area contributed by atoms with E-state index in [1.165, 1.54) is 14.1 Å². The van der Waals surface area contributed by atoms with E-state index in [0.717, 1.165) is 4.31 Å². The lowest BCUT2D eigenvalue weighted by Crippen LogP contribution is -2.29. The van der Waals surface area contributed by atoms with Crippen LogP contribution >= 0.6 is 11.6 Å². The van der Waals surface area contributed by atoms with Crippen LogP contribution in [0.3, 0.4) is 0 Å². The summed E-state index contributed by atoms with van der Waals surface area (Å²) >= 11 is 5.87. The molecule has 0 unspecified atom stereocenters. The van der Waals surface area contributed by atoms with Crippen molar-refractivity contribution < 1.29 is 8.42 Å². The van der Waals surface area contributed by atoms with E-state index in [-0.39, 0.29) is 0 Å². The Hall–Kier alpha value is -0.780. The lowest BCUT2D eigenvalue weighted by molar-refractivity contribution is 0.527. The van der Waals surface area contributed by atoms with Gasteiger partial charge in [-0.15, -0.1) is 0 Å². The van der Waals surface area contributed by atoms with Gasteiger partial charge in [0, 0.05) is 19.1 Å². The van der Waals surface area contributed by atoms with Gasteiger partial charge in [-0.05, 0) is 24.6 Å². The Morgan fingerprint density at radius 1 is 1.33 bits per heavy atom. The molecule has 0 spiro atoms. The van der Waals surface area contributed by atoms with Gasteiger partial charge in [-0.1, -0.05) is 17.7 Å². The molecule has 1 N–H and O–H groups in total. The Balaban J connectivity index is 3.06. The summed E-state index contributed by atoms with van der Waals surface area (Å²) in [5, 5.41) is 0.536. The molecule has 15 heavy (non-hydrogen) atoms. The minimum absolute atomic E-state index is 0.496. The predicted molar refractivity (Wildman–Crippen MR) is 62.4 cm³/mol. The van der Waals surface area contributed by atoms with Crippen LogP contribution < -0.4 is 4.72 Å². The van der Waals surface area contributed by atoms with Crippen LogP contribution in [0.2, 0.25) is 5.02 Å². The first-order valence-electron chi connectivity index (χ1n) is 4.30. The third kappa shape index (κ3) is 2.84. The standard InChI is InChI=1S/C9H13ClN2O2S/c1-7-8(10)5-4-6-9(7)11-15(13,14)12(2)3/h4-6,11H,1-3H3. The van der Waals surface area contributed by atoms with Crippen LogP contribution in [0.5, 0.6) is 0 Å². The molecular weight excluding hydrogens is 236 g/mol. The van der Waals surface area contributed by atoms with Crippen molar-refractivity contribution in [1.29, 1.82) is 0 Å². The third-order valence-electron chi connectivity index (χ3n) is 1.99. The van der Waals surface area contributed by atoms with Gasteiger partial charge in [0.05, 0.1) is 5.69 Å². The predicted octanol–water partition coefficient (Wildman–Crippen LogP) is 1.87. The summed E-state index contributed by atoms with van der Waals surface area (Å²) in [6.07, 6.45) is 0. The van der Waals surface area contributed by atoms with Crippen molar-refractivity contribution in [2.75, 3.05) is 18.8 Å². The highest BCUT2D eigenvalue weighted by Gasteiger charge is 2.14. The Labute approximate surface area is 95.0 Å². The summed E-state index contributed by atoms with van der Waals surface area (Å²) in [6, 6.07) is 5.08. The molecule has 0 aliphatic rings. The van der Waals surface area contributed by atoms with Crippen LogP contribution in [0.15, 0.2) is 18.2 Å². The highest BCUT2D eigenvalue weighted by Crippen LogP contribution is 2.23. The summed E-state index contributed by atoms with van der Waals surface area (Å²) in [7, 11) is -0.545. The molecule has 0 atom stereocenters. The molecule has 4 nitrogen and oxygen atoms in total. The second-order valence-electron chi connectivity index (χ2n) is 3.30. The van der Waals surface area contributed by atoms with Gasteiger partial charge in [-0.2, -0.15) is 12.7 Å². The Morgan fingerprint density at radius 2 is 1.93 bits per heavy atom. The number of halogens is 1. The molecule has 0 aromatic heterocycles. The largest absolute Gasteiger partial charge is 0.301 e. The molecule has 0 radical (unpaired) electrons. The second kappa shape index (κ2) is 4.38. The first kappa shape index (κ1) is 12.3. The van der Waals surface area contributed by atoms with Gasteiger partial charge in [-0.3, -0.25) is 4.72 Å². The fraction of sp³-hybridized carbons (Fsp3) is 0.333. The molecule has 0 fully saturated rings. The van der Waals surface area contributed by atoms with Crippen LogP contribution in [-0.4, -0.2) is 26.8 Å². The van der Waals surface area contributed by atoms with E-state index < -0.39 is 10.2 Å². The highest BCUT2D eigenvalue weighted by molar-refractivity contribution is 7.90. The average Bonchev–Trinajstić information content (AvgIpc) is 2.12. The van der Waals surface area contributed by atoms with Crippen molar-refractivity contribution in [1.82, 2.24) is 4.31 Å². The number of benzene rings is 1. The summed E-state index contributed by atoms with van der Waals surface area (Å²) in [5.41, 5.74) is 1.21. The van der Waals surface area contributed by atoms with Gasteiger partial charge in [0.15, 0.2) is 0 Å². The molecule has 0 aliphatic carbocycles. The monoisotopic (exact) mass is 248 g/mol. The Kier molecular flexibility index (Phi) is 3.59. The van der Waals surface area contributed by atoms with Crippen molar-refractivity contribution in [3.8, 4) is 0 Å². The summed E-state index contributed by atoms with van der Waals surface area (Å²) in [5.74, 6) is 0. The number of hydrogen-bond acceptors (Lipinski definition) is 2. The second-order valence-corrected chi connectivity index (χ2v) is 5.59. The molecule has 84 valence electrons. The smallest absolute Gasteiger partial charge is 0.271 e. The van der Waals surface area contributed by atoms with E-state index in [0.29, 0.717) is 16.3 Å². The van der Waals surface area contributed by atoms with E-state index in [1.54, 1.807) is 25.1 Å². The van der Waals surface area contributed by atoms with E-state index >= 15 is 0 Å². The van der Waals surface area contributed by atoms with E-state index in [2.05, 4.69) is 4.72 Å². The fourth-order valence-corrected chi connectivity index (χ4v) is 1.80. The first-order valence-corrected chi connectivity index (χ1v) is 6.12. The van der Waals surface area contributed by atoms with Crippen molar-refractivity contribution in [2.45, 2.75) is 6.92 Å². The molecule has 0 heterocycles. The normalized spacial score (nSPS) is 11.8. The summed E-state index contributed by atoms with van der Waals surface area (Å²) in [6.45, 7) is 1.76. The zero-order valence-electron chi connectivity index (χ0n) is 8.78. The quantitative estimate of drug-likeness (QED) is 0.888. The van der Waals surface area contributed by atoms with E-state index in [4.69, 9.17) is 11.6 Å². The maximum absolute atomic E-state index is 11.5. The van der Waals surface area contributed by atoms with Crippen LogP contribution in [0.1, 0.15) is 5.56 Å². The van der Waals surface area contributed by atoms with Gasteiger partial charge in [0.1, 0.15) is 0 Å². The van der Waals surface area contributed by atoms with Crippen molar-refractivity contribution in [3.63, 3.8) is 0 Å². The zero-order chi connectivity index (χ0) is 11.6. The molecule has 0 saturated carbocycles. The number of hydrogen-bond donors (Lipinski definition) is 1. The SMILES string of the molecule is Cc1c(Cl)cccc1NS(=O)(=O)N(C)C. The zero-order valence-corrected chi connectivity index (χ0v) is 10.4. The maximum Gasteiger partial charge on any atom is 0.301 e. The summed E-state index contributed by atoms with van der Waals surface area (Å²) < 4.78 is 26.6. The Bertz CT molecular complexity index is 457.